The fraction of sp³-hybridized carbons (Fsp3) is 0.750. The summed E-state index contributed by atoms with van der Waals surface area (Å²) in [5.41, 5.74) is 0.782. The van der Waals surface area contributed by atoms with E-state index in [1.165, 1.54) is 0 Å². The third-order valence-corrected chi connectivity index (χ3v) is 2.03. The number of aliphatic hydroxyl groups is 2. The van der Waals surface area contributed by atoms with Crippen LogP contribution in [0.1, 0.15) is 25.7 Å². The van der Waals surface area contributed by atoms with Crippen molar-refractivity contribution in [3.8, 4) is 0 Å². The summed E-state index contributed by atoms with van der Waals surface area (Å²) in [6.45, 7) is 3.70. The molecule has 0 unspecified atom stereocenters. The Kier molecular flexibility index (Phi) is 2.46. The average Bonchev–Trinajstić information content (AvgIpc) is 2.04. The zero-order valence-corrected chi connectivity index (χ0v) is 6.08. The molecule has 2 nitrogen and oxygen atoms in total. The van der Waals surface area contributed by atoms with Gasteiger partial charge >= 0.3 is 0 Å². The molecule has 58 valence electrons. The lowest BCUT2D eigenvalue weighted by Gasteiger charge is -2.15. The fourth-order valence-corrected chi connectivity index (χ4v) is 1.28. The normalized spacial score (nSPS) is 35.6. The fourth-order valence-electron chi connectivity index (χ4n) is 1.28. The van der Waals surface area contributed by atoms with E-state index in [9.17, 15) is 10.2 Å². The van der Waals surface area contributed by atoms with Crippen LogP contribution in [0.5, 0.6) is 0 Å². The van der Waals surface area contributed by atoms with Gasteiger partial charge in [0, 0.05) is 0 Å². The molecular weight excluding hydrogens is 128 g/mol. The van der Waals surface area contributed by atoms with E-state index in [-0.39, 0.29) is 0 Å². The van der Waals surface area contributed by atoms with Crippen molar-refractivity contribution in [3.05, 3.63) is 12.2 Å². The third kappa shape index (κ3) is 1.58. The maximum absolute atomic E-state index is 9.28. The Morgan fingerprint density at radius 1 is 1.30 bits per heavy atom. The van der Waals surface area contributed by atoms with Crippen LogP contribution < -0.4 is 0 Å². The molecule has 0 bridgehead atoms. The number of hydrogen-bond acceptors (Lipinski definition) is 2. The number of rotatable bonds is 0. The first-order chi connectivity index (χ1) is 4.72. The number of aliphatic hydroxyl groups excluding tert-OH is 2. The maximum atomic E-state index is 9.28. The second-order valence-electron chi connectivity index (χ2n) is 2.92. The van der Waals surface area contributed by atoms with Gasteiger partial charge in [0.25, 0.3) is 0 Å². The van der Waals surface area contributed by atoms with E-state index < -0.39 is 12.2 Å². The molecule has 0 aromatic heterocycles. The molecule has 0 radical (unpaired) electrons. The summed E-state index contributed by atoms with van der Waals surface area (Å²) in [4.78, 5) is 0. The van der Waals surface area contributed by atoms with Crippen molar-refractivity contribution >= 4 is 0 Å². The van der Waals surface area contributed by atoms with Crippen molar-refractivity contribution in [1.82, 2.24) is 0 Å². The van der Waals surface area contributed by atoms with Crippen LogP contribution in [0.2, 0.25) is 0 Å². The molecule has 2 N–H and O–H groups in total. The van der Waals surface area contributed by atoms with E-state index in [1.54, 1.807) is 0 Å². The molecule has 0 spiro atoms. The van der Waals surface area contributed by atoms with Gasteiger partial charge in [0.1, 0.15) is 6.10 Å². The molecule has 0 amide bonds. The highest BCUT2D eigenvalue weighted by atomic mass is 16.3. The van der Waals surface area contributed by atoms with Crippen molar-refractivity contribution in [2.75, 3.05) is 0 Å². The van der Waals surface area contributed by atoms with Gasteiger partial charge < -0.3 is 10.2 Å². The van der Waals surface area contributed by atoms with E-state index in [4.69, 9.17) is 0 Å². The Morgan fingerprint density at radius 2 is 2.00 bits per heavy atom. The second kappa shape index (κ2) is 3.17. The van der Waals surface area contributed by atoms with E-state index in [1.807, 2.05) is 0 Å². The first-order valence-corrected chi connectivity index (χ1v) is 3.75. The van der Waals surface area contributed by atoms with Crippen LogP contribution in [0.4, 0.5) is 0 Å². The van der Waals surface area contributed by atoms with Crippen LogP contribution in [0.15, 0.2) is 12.2 Å². The van der Waals surface area contributed by atoms with Crippen LogP contribution in [0.3, 0.4) is 0 Å². The zero-order valence-electron chi connectivity index (χ0n) is 6.08. The maximum Gasteiger partial charge on any atom is 0.101 e. The number of hydrogen-bond donors (Lipinski definition) is 2. The van der Waals surface area contributed by atoms with Crippen molar-refractivity contribution in [3.63, 3.8) is 0 Å². The molecule has 2 heteroatoms. The first kappa shape index (κ1) is 7.76. The van der Waals surface area contributed by atoms with Gasteiger partial charge in [-0.2, -0.15) is 0 Å². The molecule has 1 fully saturated rings. The predicted octanol–water partition coefficient (Wildman–Crippen LogP) is 0.838. The molecule has 1 aliphatic carbocycles. The summed E-state index contributed by atoms with van der Waals surface area (Å²) >= 11 is 0. The largest absolute Gasteiger partial charge is 0.390 e. The van der Waals surface area contributed by atoms with Crippen LogP contribution in [-0.2, 0) is 0 Å². The quantitative estimate of drug-likeness (QED) is 0.388. The lowest BCUT2D eigenvalue weighted by atomic mass is 10.1. The van der Waals surface area contributed by atoms with Gasteiger partial charge in [0.15, 0.2) is 0 Å². The van der Waals surface area contributed by atoms with Crippen molar-refractivity contribution < 1.29 is 10.2 Å². The molecule has 0 aliphatic heterocycles. The van der Waals surface area contributed by atoms with Crippen LogP contribution >= 0.6 is 0 Å². The summed E-state index contributed by atoms with van der Waals surface area (Å²) < 4.78 is 0. The van der Waals surface area contributed by atoms with E-state index in [0.717, 1.165) is 24.8 Å². The summed E-state index contributed by atoms with van der Waals surface area (Å²) in [6.07, 6.45) is 2.36. The molecule has 0 saturated heterocycles. The molecule has 0 heterocycles. The zero-order chi connectivity index (χ0) is 7.56. The van der Waals surface area contributed by atoms with Crippen LogP contribution in [0, 0.1) is 0 Å². The molecule has 1 rings (SSSR count). The van der Waals surface area contributed by atoms with Gasteiger partial charge in [-0.25, -0.2) is 0 Å². The Labute approximate surface area is 61.2 Å². The molecule has 2 atom stereocenters. The van der Waals surface area contributed by atoms with Gasteiger partial charge in [-0.3, -0.25) is 0 Å². The Hall–Kier alpha value is -0.340. The van der Waals surface area contributed by atoms with Crippen LogP contribution in [-0.4, -0.2) is 22.4 Å². The highest BCUT2D eigenvalue weighted by Crippen LogP contribution is 2.21. The molecule has 1 saturated carbocycles. The van der Waals surface area contributed by atoms with E-state index in [0.29, 0.717) is 6.42 Å². The van der Waals surface area contributed by atoms with Crippen molar-refractivity contribution in [1.29, 1.82) is 0 Å². The Morgan fingerprint density at radius 3 is 2.70 bits per heavy atom. The minimum atomic E-state index is -0.678. The summed E-state index contributed by atoms with van der Waals surface area (Å²) in [5, 5.41) is 18.5. The standard InChI is InChI=1S/C8H14O2/c1-6-4-2-3-5-7(9)8(6)10/h7-10H,1-5H2/t7-,8+/m0/s1. The third-order valence-electron chi connectivity index (χ3n) is 2.03. The molecule has 0 aromatic rings. The highest BCUT2D eigenvalue weighted by Gasteiger charge is 2.21. The van der Waals surface area contributed by atoms with Gasteiger partial charge in [-0.05, 0) is 24.8 Å². The Bertz CT molecular complexity index is 131. The van der Waals surface area contributed by atoms with Gasteiger partial charge in [-0.15, -0.1) is 0 Å². The lowest BCUT2D eigenvalue weighted by molar-refractivity contribution is 0.0395. The Balaban J connectivity index is 2.55. The van der Waals surface area contributed by atoms with Crippen molar-refractivity contribution in [2.24, 2.45) is 0 Å². The second-order valence-corrected chi connectivity index (χ2v) is 2.92. The summed E-state index contributed by atoms with van der Waals surface area (Å²) in [6, 6.07) is 0. The van der Waals surface area contributed by atoms with Crippen molar-refractivity contribution in [2.45, 2.75) is 37.9 Å². The summed E-state index contributed by atoms with van der Waals surface area (Å²) in [5.74, 6) is 0. The molecular formula is C8H14O2. The SMILES string of the molecule is C=C1CCCC[C@H](O)[C@@H]1O. The molecule has 1 aliphatic rings. The van der Waals surface area contributed by atoms with Gasteiger partial charge in [0.2, 0.25) is 0 Å². The average molecular weight is 142 g/mol. The van der Waals surface area contributed by atoms with Crippen LogP contribution in [0.25, 0.3) is 0 Å². The van der Waals surface area contributed by atoms with Gasteiger partial charge in [-0.1, -0.05) is 13.0 Å². The lowest BCUT2D eigenvalue weighted by Crippen LogP contribution is -2.25. The van der Waals surface area contributed by atoms with E-state index in [2.05, 4.69) is 6.58 Å². The van der Waals surface area contributed by atoms with Gasteiger partial charge in [0.05, 0.1) is 6.10 Å². The topological polar surface area (TPSA) is 40.5 Å². The smallest absolute Gasteiger partial charge is 0.101 e. The minimum Gasteiger partial charge on any atom is -0.390 e. The first-order valence-electron chi connectivity index (χ1n) is 3.75. The molecule has 0 aromatic carbocycles. The monoisotopic (exact) mass is 142 g/mol. The molecule has 10 heavy (non-hydrogen) atoms. The minimum absolute atomic E-state index is 0.574. The predicted molar refractivity (Wildman–Crippen MR) is 39.6 cm³/mol. The highest BCUT2D eigenvalue weighted by molar-refractivity contribution is 5.05. The summed E-state index contributed by atoms with van der Waals surface area (Å²) in [7, 11) is 0. The van der Waals surface area contributed by atoms with E-state index >= 15 is 0 Å².